The summed E-state index contributed by atoms with van der Waals surface area (Å²) in [4.78, 5) is 24.5. The highest BCUT2D eigenvalue weighted by atomic mass is 16.5. The fraction of sp³-hybridized carbons (Fsp3) is 0.879. The van der Waals surface area contributed by atoms with Crippen molar-refractivity contribution in [2.24, 2.45) is 0 Å². The molecule has 3 N–H and O–H groups in total. The van der Waals surface area contributed by atoms with Crippen LogP contribution >= 0.6 is 0 Å². The Balaban J connectivity index is 3.36. The van der Waals surface area contributed by atoms with Gasteiger partial charge in [0.15, 0.2) is 0 Å². The Morgan fingerprint density at radius 3 is 0.986 bits per heavy atom. The first-order valence-electron chi connectivity index (χ1n) is 32.3. The van der Waals surface area contributed by atoms with Crippen LogP contribution in [0.4, 0.5) is 0 Å². The fourth-order valence-corrected chi connectivity index (χ4v) is 9.92. The van der Waals surface area contributed by atoms with Crippen LogP contribution in [0.2, 0.25) is 0 Å². The molecule has 0 radical (unpaired) electrons. The minimum atomic E-state index is -0.843. The lowest BCUT2D eigenvalue weighted by Crippen LogP contribution is -2.45. The SMILES string of the molecule is CCCCCCCCC/C=C\CCCCCCCCCC(=O)OCCCCCCCCCCCCCC/C=C\CCCCCCCCCCCCCC(=O)NC(CO)C(O)/C=C/CCCCCCCCCC. The van der Waals surface area contributed by atoms with E-state index in [1.54, 1.807) is 6.08 Å². The molecule has 2 unspecified atom stereocenters. The Morgan fingerprint density at radius 2 is 0.653 bits per heavy atom. The molecule has 2 atom stereocenters. The number of esters is 1. The van der Waals surface area contributed by atoms with Crippen molar-refractivity contribution in [2.75, 3.05) is 13.2 Å². The zero-order valence-electron chi connectivity index (χ0n) is 48.4. The average Bonchev–Trinajstić information content (AvgIpc) is 3.38. The van der Waals surface area contributed by atoms with Crippen molar-refractivity contribution in [2.45, 2.75) is 360 Å². The third kappa shape index (κ3) is 57.4. The third-order valence-corrected chi connectivity index (χ3v) is 14.9. The second-order valence-corrected chi connectivity index (χ2v) is 22.1. The Kier molecular flexibility index (Phi) is 60.0. The first-order chi connectivity index (χ1) is 35.5. The maximum absolute atomic E-state index is 12.4. The minimum Gasteiger partial charge on any atom is -0.466 e. The van der Waals surface area contributed by atoms with Gasteiger partial charge in [0.2, 0.25) is 5.91 Å². The number of hydrogen-bond donors (Lipinski definition) is 3. The van der Waals surface area contributed by atoms with Gasteiger partial charge in [0.25, 0.3) is 0 Å². The van der Waals surface area contributed by atoms with E-state index in [1.807, 2.05) is 6.08 Å². The van der Waals surface area contributed by atoms with Crippen molar-refractivity contribution in [3.63, 3.8) is 0 Å². The molecule has 6 nitrogen and oxygen atoms in total. The largest absolute Gasteiger partial charge is 0.466 e. The van der Waals surface area contributed by atoms with Crippen molar-refractivity contribution in [1.82, 2.24) is 5.32 Å². The summed E-state index contributed by atoms with van der Waals surface area (Å²) in [5, 5.41) is 23.0. The van der Waals surface area contributed by atoms with Crippen LogP contribution < -0.4 is 5.32 Å². The van der Waals surface area contributed by atoms with Crippen LogP contribution in [0.5, 0.6) is 0 Å². The number of hydrogen-bond acceptors (Lipinski definition) is 5. The van der Waals surface area contributed by atoms with Crippen LogP contribution in [0.25, 0.3) is 0 Å². The maximum Gasteiger partial charge on any atom is 0.305 e. The van der Waals surface area contributed by atoms with Crippen LogP contribution in [-0.4, -0.2) is 47.4 Å². The molecular weight excluding hydrogens is 887 g/mol. The predicted octanol–water partition coefficient (Wildman–Crippen LogP) is 20.4. The molecule has 0 rings (SSSR count). The summed E-state index contributed by atoms with van der Waals surface area (Å²) < 4.78 is 5.50. The highest BCUT2D eigenvalue weighted by Crippen LogP contribution is 2.17. The summed E-state index contributed by atoms with van der Waals surface area (Å²) in [6.45, 7) is 4.89. The van der Waals surface area contributed by atoms with E-state index in [2.05, 4.69) is 43.5 Å². The van der Waals surface area contributed by atoms with Gasteiger partial charge in [0, 0.05) is 12.8 Å². The lowest BCUT2D eigenvalue weighted by Gasteiger charge is -2.20. The Hall–Kier alpha value is -1.92. The Bertz CT molecular complexity index is 1170. The molecule has 0 aromatic heterocycles. The van der Waals surface area contributed by atoms with Gasteiger partial charge in [-0.15, -0.1) is 0 Å². The molecule has 0 bridgehead atoms. The van der Waals surface area contributed by atoms with E-state index in [0.29, 0.717) is 19.4 Å². The van der Waals surface area contributed by atoms with E-state index >= 15 is 0 Å². The fourth-order valence-electron chi connectivity index (χ4n) is 9.92. The number of nitrogens with one attached hydrogen (secondary N) is 1. The van der Waals surface area contributed by atoms with Gasteiger partial charge in [0.05, 0.1) is 25.4 Å². The molecule has 6 heteroatoms. The van der Waals surface area contributed by atoms with Crippen LogP contribution in [0.3, 0.4) is 0 Å². The van der Waals surface area contributed by atoms with Crippen LogP contribution in [-0.2, 0) is 14.3 Å². The van der Waals surface area contributed by atoms with E-state index in [0.717, 1.165) is 44.9 Å². The smallest absolute Gasteiger partial charge is 0.305 e. The summed E-state index contributed by atoms with van der Waals surface area (Å²) in [5.74, 6) is -0.0584. The molecule has 0 aromatic rings. The van der Waals surface area contributed by atoms with Crippen molar-refractivity contribution in [1.29, 1.82) is 0 Å². The summed E-state index contributed by atoms with van der Waals surface area (Å²) in [5.41, 5.74) is 0. The zero-order chi connectivity index (χ0) is 52.2. The van der Waals surface area contributed by atoms with Gasteiger partial charge < -0.3 is 20.3 Å². The number of rotatable bonds is 60. The van der Waals surface area contributed by atoms with Gasteiger partial charge in [-0.3, -0.25) is 9.59 Å². The average molecular weight is 1010 g/mol. The molecule has 0 heterocycles. The molecule has 424 valence electrons. The van der Waals surface area contributed by atoms with E-state index in [-0.39, 0.29) is 18.5 Å². The number of aliphatic hydroxyl groups excluding tert-OH is 2. The second kappa shape index (κ2) is 61.6. The van der Waals surface area contributed by atoms with Crippen LogP contribution in [0.15, 0.2) is 36.5 Å². The number of amides is 1. The van der Waals surface area contributed by atoms with E-state index < -0.39 is 12.1 Å². The molecule has 0 saturated carbocycles. The van der Waals surface area contributed by atoms with Crippen molar-refractivity contribution in [3.8, 4) is 0 Å². The van der Waals surface area contributed by atoms with Crippen LogP contribution in [0.1, 0.15) is 348 Å². The standard InChI is InChI=1S/C66H125NO5/c1-3-5-7-9-11-13-15-16-17-18-31-34-37-40-44-48-52-56-60-66(71)72-61-57-53-49-45-41-38-35-32-29-27-25-23-21-19-20-22-24-26-28-30-33-36-39-43-47-51-55-59-65(70)67-63(62-68)64(69)58-54-50-46-42-14-12-10-8-6-4-2/h17-20,54,58,63-64,68-69H,3-16,21-53,55-57,59-62H2,1-2H3,(H,67,70)/b18-17-,20-19-,58-54+. The number of unbranched alkanes of at least 4 members (excludes halogenated alkanes) is 45. The first kappa shape index (κ1) is 70.1. The van der Waals surface area contributed by atoms with Gasteiger partial charge in [-0.05, 0) is 83.5 Å². The molecule has 72 heavy (non-hydrogen) atoms. The number of aliphatic hydroxyl groups is 2. The van der Waals surface area contributed by atoms with Crippen molar-refractivity contribution >= 4 is 11.9 Å². The molecule has 0 aliphatic rings. The van der Waals surface area contributed by atoms with E-state index in [1.165, 1.54) is 276 Å². The lowest BCUT2D eigenvalue weighted by molar-refractivity contribution is -0.143. The van der Waals surface area contributed by atoms with Gasteiger partial charge in [-0.1, -0.05) is 288 Å². The van der Waals surface area contributed by atoms with Gasteiger partial charge in [0.1, 0.15) is 0 Å². The number of ether oxygens (including phenoxy) is 1. The van der Waals surface area contributed by atoms with Crippen molar-refractivity contribution < 1.29 is 24.5 Å². The van der Waals surface area contributed by atoms with E-state index in [9.17, 15) is 19.8 Å². The predicted molar refractivity (Wildman–Crippen MR) is 315 cm³/mol. The van der Waals surface area contributed by atoms with Crippen LogP contribution in [0, 0.1) is 0 Å². The second-order valence-electron chi connectivity index (χ2n) is 22.1. The molecule has 1 amide bonds. The Morgan fingerprint density at radius 1 is 0.375 bits per heavy atom. The summed E-state index contributed by atoms with van der Waals surface area (Å²) in [6.07, 6.45) is 77.8. The zero-order valence-corrected chi connectivity index (χ0v) is 48.4. The topological polar surface area (TPSA) is 95.9 Å². The lowest BCUT2D eigenvalue weighted by atomic mass is 10.0. The minimum absolute atomic E-state index is 0.0118. The quantitative estimate of drug-likeness (QED) is 0.0320. The molecule has 0 spiro atoms. The van der Waals surface area contributed by atoms with Gasteiger partial charge in [-0.25, -0.2) is 0 Å². The van der Waals surface area contributed by atoms with Gasteiger partial charge in [-0.2, -0.15) is 0 Å². The van der Waals surface area contributed by atoms with Gasteiger partial charge >= 0.3 is 5.97 Å². The highest BCUT2D eigenvalue weighted by molar-refractivity contribution is 5.76. The highest BCUT2D eigenvalue weighted by Gasteiger charge is 2.18. The maximum atomic E-state index is 12.4. The number of carbonyl (C=O) groups excluding carboxylic acids is 2. The van der Waals surface area contributed by atoms with E-state index in [4.69, 9.17) is 4.74 Å². The monoisotopic (exact) mass is 1010 g/mol. The number of carbonyl (C=O) groups is 2. The molecule has 0 aromatic carbocycles. The molecule has 0 saturated heterocycles. The summed E-state index contributed by atoms with van der Waals surface area (Å²) in [6, 6.07) is -0.627. The molecule has 0 fully saturated rings. The third-order valence-electron chi connectivity index (χ3n) is 14.9. The molecule has 0 aliphatic carbocycles. The Labute approximate surface area is 449 Å². The normalized spacial score (nSPS) is 12.8. The molecule has 0 aliphatic heterocycles. The van der Waals surface area contributed by atoms with Crippen molar-refractivity contribution in [3.05, 3.63) is 36.5 Å². The summed E-state index contributed by atoms with van der Waals surface area (Å²) in [7, 11) is 0. The summed E-state index contributed by atoms with van der Waals surface area (Å²) >= 11 is 0. The molecular formula is C66H125NO5. The first-order valence-corrected chi connectivity index (χ1v) is 32.3. The number of allylic oxidation sites excluding steroid dienone is 5.